The minimum Gasteiger partial charge on any atom is -0.264 e. The maximum atomic E-state index is 4.58. The van der Waals surface area contributed by atoms with Gasteiger partial charge >= 0.3 is 0 Å². The van der Waals surface area contributed by atoms with Crippen LogP contribution in [0.3, 0.4) is 0 Å². The Kier molecular flexibility index (Phi) is 6.82. The van der Waals surface area contributed by atoms with Gasteiger partial charge in [-0.05, 0) is 181 Å². The van der Waals surface area contributed by atoms with Crippen molar-refractivity contribution < 1.29 is 0 Å². The van der Waals surface area contributed by atoms with E-state index in [9.17, 15) is 0 Å². The standard InChI is InChI=1S/C57H45N/c1-33-18-22-46-47(26-33)49(56-43-14-5-3-12-41(43)55(42-13-4-6-15-44(42)56)45-16-9-10-36-24-25-58-32-50(36)45)27-34(2)54(46)38-20-23-52-48(31-38)40-11-7-8-17-51(40)57(52)39-21-19-37-28-35(29-39)30-53(37)57/h3-18,20,22-27,31-32,35,37,39,53H,19,21,28-30H2,1-2H3. The lowest BCUT2D eigenvalue weighted by Crippen LogP contribution is -2.48. The summed E-state index contributed by atoms with van der Waals surface area (Å²) in [6.07, 6.45) is 11.0. The number of pyridine rings is 1. The summed E-state index contributed by atoms with van der Waals surface area (Å²) in [4.78, 5) is 4.58. The molecule has 1 aromatic heterocycles. The molecule has 4 aliphatic carbocycles. The monoisotopic (exact) mass is 743 g/mol. The smallest absolute Gasteiger partial charge is 0.0352 e. The Bertz CT molecular complexity index is 3160. The van der Waals surface area contributed by atoms with Crippen molar-refractivity contribution in [1.29, 1.82) is 0 Å². The Morgan fingerprint density at radius 2 is 1.21 bits per heavy atom. The molecule has 0 radical (unpaired) electrons. The van der Waals surface area contributed by atoms with Gasteiger partial charge in [0.25, 0.3) is 0 Å². The van der Waals surface area contributed by atoms with E-state index in [4.69, 9.17) is 0 Å². The molecule has 0 N–H and O–H groups in total. The van der Waals surface area contributed by atoms with Gasteiger partial charge in [-0.15, -0.1) is 0 Å². The van der Waals surface area contributed by atoms with Gasteiger partial charge in [-0.3, -0.25) is 4.98 Å². The van der Waals surface area contributed by atoms with Crippen LogP contribution in [0.5, 0.6) is 0 Å². The zero-order valence-electron chi connectivity index (χ0n) is 33.2. The molecule has 0 saturated heterocycles. The maximum absolute atomic E-state index is 4.58. The molecular formula is C57H45N. The van der Waals surface area contributed by atoms with E-state index in [0.717, 1.165) is 23.7 Å². The van der Waals surface area contributed by atoms with Gasteiger partial charge in [0.15, 0.2) is 0 Å². The molecule has 1 spiro atoms. The van der Waals surface area contributed by atoms with Crippen LogP contribution in [0.15, 0.2) is 152 Å². The molecule has 1 nitrogen and oxygen atoms in total. The predicted molar refractivity (Wildman–Crippen MR) is 243 cm³/mol. The number of fused-ring (bicyclic) bond motifs is 8. The first-order chi connectivity index (χ1) is 28.6. The fourth-order valence-electron chi connectivity index (χ4n) is 13.6. The van der Waals surface area contributed by atoms with Crippen LogP contribution in [0.1, 0.15) is 54.4 Å². The minimum absolute atomic E-state index is 0.190. The maximum Gasteiger partial charge on any atom is 0.0352 e. The quantitative estimate of drug-likeness (QED) is 0.164. The highest BCUT2D eigenvalue weighted by atomic mass is 14.7. The van der Waals surface area contributed by atoms with Crippen LogP contribution in [0, 0.1) is 37.5 Å². The van der Waals surface area contributed by atoms with Crippen LogP contribution in [0.4, 0.5) is 0 Å². The number of hydrogen-bond acceptors (Lipinski definition) is 1. The Morgan fingerprint density at radius 3 is 2.02 bits per heavy atom. The summed E-state index contributed by atoms with van der Waals surface area (Å²) in [5.41, 5.74) is 16.9. The van der Waals surface area contributed by atoms with Gasteiger partial charge in [0, 0.05) is 23.2 Å². The minimum atomic E-state index is 0.190. The highest BCUT2D eigenvalue weighted by Crippen LogP contribution is 2.70. The molecule has 278 valence electrons. The molecular weight excluding hydrogens is 699 g/mol. The summed E-state index contributed by atoms with van der Waals surface area (Å²) < 4.78 is 0. The van der Waals surface area contributed by atoms with E-state index in [1.54, 1.807) is 11.1 Å². The third kappa shape index (κ3) is 4.29. The van der Waals surface area contributed by atoms with Gasteiger partial charge in [0.1, 0.15) is 0 Å². The summed E-state index contributed by atoms with van der Waals surface area (Å²) in [6.45, 7) is 4.59. The molecule has 13 rings (SSSR count). The molecule has 5 atom stereocenters. The predicted octanol–water partition coefficient (Wildman–Crippen LogP) is 15.0. The van der Waals surface area contributed by atoms with Crippen molar-refractivity contribution >= 4 is 43.1 Å². The molecule has 0 amide bonds. The Balaban J connectivity index is 1.06. The van der Waals surface area contributed by atoms with Gasteiger partial charge < -0.3 is 0 Å². The first-order valence-corrected chi connectivity index (χ1v) is 21.6. The molecule has 9 aromatic rings. The largest absolute Gasteiger partial charge is 0.264 e. The second-order valence-electron chi connectivity index (χ2n) is 18.3. The second-order valence-corrected chi connectivity index (χ2v) is 18.3. The van der Waals surface area contributed by atoms with Gasteiger partial charge in [0.05, 0.1) is 0 Å². The number of aromatic nitrogens is 1. The summed E-state index contributed by atoms with van der Waals surface area (Å²) >= 11 is 0. The Hall–Kier alpha value is -6.05. The average molecular weight is 744 g/mol. The van der Waals surface area contributed by atoms with E-state index in [1.165, 1.54) is 131 Å². The second kappa shape index (κ2) is 12.0. The SMILES string of the molecule is Cc1ccc2c(-c3ccc4c(c3)-c3ccccc3C43C4CCC5CC(C4)CC53)c(C)cc(-c3c4ccccc4c(-c4cccc5ccncc45)c4ccccc34)c2c1. The lowest BCUT2D eigenvalue weighted by Gasteiger charge is -2.52. The highest BCUT2D eigenvalue weighted by Gasteiger charge is 2.63. The van der Waals surface area contributed by atoms with E-state index in [1.807, 2.05) is 12.4 Å². The first kappa shape index (κ1) is 33.0. The van der Waals surface area contributed by atoms with Gasteiger partial charge in [-0.25, -0.2) is 0 Å². The summed E-state index contributed by atoms with van der Waals surface area (Å²) in [5, 5.41) is 10.1. The average Bonchev–Trinajstić information content (AvgIpc) is 3.67. The fourth-order valence-corrected chi connectivity index (χ4v) is 13.6. The first-order valence-electron chi connectivity index (χ1n) is 21.6. The molecule has 58 heavy (non-hydrogen) atoms. The lowest BCUT2D eigenvalue weighted by molar-refractivity contribution is 0.0768. The zero-order valence-corrected chi connectivity index (χ0v) is 33.2. The third-order valence-corrected chi connectivity index (χ3v) is 15.6. The molecule has 8 aromatic carbocycles. The highest BCUT2D eigenvalue weighted by molar-refractivity contribution is 6.26. The van der Waals surface area contributed by atoms with Crippen molar-refractivity contribution in [3.63, 3.8) is 0 Å². The van der Waals surface area contributed by atoms with Crippen LogP contribution >= 0.6 is 0 Å². The molecule has 1 heteroatoms. The van der Waals surface area contributed by atoms with Crippen LogP contribution in [0.25, 0.3) is 87.6 Å². The molecule has 0 aliphatic heterocycles. The summed E-state index contributed by atoms with van der Waals surface area (Å²) in [7, 11) is 0. The number of benzene rings is 8. The van der Waals surface area contributed by atoms with E-state index in [-0.39, 0.29) is 5.41 Å². The van der Waals surface area contributed by atoms with Crippen LogP contribution < -0.4 is 0 Å². The van der Waals surface area contributed by atoms with E-state index in [2.05, 4.69) is 158 Å². The van der Waals surface area contributed by atoms with Crippen molar-refractivity contribution in [2.45, 2.75) is 51.4 Å². The van der Waals surface area contributed by atoms with Gasteiger partial charge in [-0.2, -0.15) is 0 Å². The van der Waals surface area contributed by atoms with Crippen LogP contribution in [0.2, 0.25) is 0 Å². The molecule has 3 fully saturated rings. The third-order valence-electron chi connectivity index (χ3n) is 15.6. The lowest BCUT2D eigenvalue weighted by atomic mass is 9.51. The zero-order chi connectivity index (χ0) is 38.3. The Labute approximate surface area is 340 Å². The van der Waals surface area contributed by atoms with Gasteiger partial charge in [-0.1, -0.05) is 133 Å². The normalized spacial score (nSPS) is 22.7. The molecule has 4 aliphatic rings. The fraction of sp³-hybridized carbons (Fsp3) is 0.211. The number of rotatable bonds is 3. The van der Waals surface area contributed by atoms with Crippen molar-refractivity contribution in [2.75, 3.05) is 0 Å². The number of aryl methyl sites for hydroxylation is 2. The Morgan fingerprint density at radius 1 is 0.500 bits per heavy atom. The van der Waals surface area contributed by atoms with Crippen molar-refractivity contribution in [3.05, 3.63) is 174 Å². The van der Waals surface area contributed by atoms with E-state index in [0.29, 0.717) is 0 Å². The van der Waals surface area contributed by atoms with Crippen molar-refractivity contribution in [1.82, 2.24) is 4.98 Å². The molecule has 5 unspecified atom stereocenters. The number of hydrogen-bond donors (Lipinski definition) is 0. The van der Waals surface area contributed by atoms with E-state index < -0.39 is 0 Å². The molecule has 1 heterocycles. The van der Waals surface area contributed by atoms with Gasteiger partial charge in [0.2, 0.25) is 0 Å². The topological polar surface area (TPSA) is 12.9 Å². The number of nitrogens with zero attached hydrogens (tertiary/aromatic N) is 1. The van der Waals surface area contributed by atoms with Crippen molar-refractivity contribution in [2.24, 2.45) is 23.7 Å². The van der Waals surface area contributed by atoms with E-state index >= 15 is 0 Å². The molecule has 3 bridgehead atoms. The summed E-state index contributed by atoms with van der Waals surface area (Å²) in [5.74, 6) is 3.38. The van der Waals surface area contributed by atoms with Crippen molar-refractivity contribution in [3.8, 4) is 44.5 Å². The van der Waals surface area contributed by atoms with Crippen LogP contribution in [-0.4, -0.2) is 4.98 Å². The summed E-state index contributed by atoms with van der Waals surface area (Å²) in [6, 6.07) is 53.8. The van der Waals surface area contributed by atoms with Crippen LogP contribution in [-0.2, 0) is 5.41 Å². The molecule has 3 saturated carbocycles.